The molecule has 0 aliphatic heterocycles. The van der Waals surface area contributed by atoms with E-state index >= 15 is 0 Å². The first-order chi connectivity index (χ1) is 68.2. The van der Waals surface area contributed by atoms with Gasteiger partial charge in [0.2, 0.25) is 0 Å². The minimum Gasteiger partial charge on any atom is -0.256 e. The molecule has 0 saturated heterocycles. The van der Waals surface area contributed by atoms with E-state index in [1.54, 1.807) is 0 Å². The third kappa shape index (κ3) is 16.1. The van der Waals surface area contributed by atoms with E-state index in [1.165, 1.54) is 92.5 Å². The Hall–Kier alpha value is -18.4. The second-order valence-corrected chi connectivity index (χ2v) is 35.5. The molecule has 7 aromatic heterocycles. The number of rotatable bonds is 12. The lowest BCUT2D eigenvalue weighted by Crippen LogP contribution is -1.92. The van der Waals surface area contributed by atoms with Crippen molar-refractivity contribution in [3.8, 4) is 134 Å². The molecule has 0 atom stereocenters. The highest BCUT2D eigenvalue weighted by Crippen LogP contribution is 2.44. The number of aromatic nitrogens is 7. The summed E-state index contributed by atoms with van der Waals surface area (Å²) in [6, 6.07) is 173. The predicted molar refractivity (Wildman–Crippen MR) is 579 cm³/mol. The van der Waals surface area contributed by atoms with Crippen molar-refractivity contribution in [3.05, 3.63) is 504 Å². The topological polar surface area (TPSA) is 90.2 Å². The highest BCUT2D eigenvalue weighted by atomic mass is 14.7. The third-order valence-corrected chi connectivity index (χ3v) is 27.0. The molecule has 0 aliphatic rings. The van der Waals surface area contributed by atoms with E-state index in [0.29, 0.717) is 0 Å². The molecule has 0 unspecified atom stereocenters. The van der Waals surface area contributed by atoms with Crippen LogP contribution in [0.1, 0.15) is 0 Å². The number of hydrogen-bond donors (Lipinski definition) is 0. The maximum atomic E-state index is 5.23. The largest absolute Gasteiger partial charge is 0.256 e. The van der Waals surface area contributed by atoms with E-state index in [4.69, 9.17) is 29.9 Å². The molecule has 0 aliphatic carbocycles. The van der Waals surface area contributed by atoms with E-state index in [-0.39, 0.29) is 0 Å². The SMILES string of the molecule is c1cc(-c2cnc3ccccc3c2)cc(-c2cc(-c3ccc4ccccc4c3)nc3ccc(-c4ccc5ccccc5c4)cc23)c1.c1ccc2cc(-c3ccc4nc(-c5ccc6ccccc6c5)cc(-c5ccc(-c6ccc7ccccc7n6)cc5)c4c3)ccc2c1.c1ccc2cc(-c3ccc4nc(-c5ccc6ccccc6c5)cc(-c5ccc(-c6cnc7ccccc7c6)nc5)c4c3)ccc2c1. The summed E-state index contributed by atoms with van der Waals surface area (Å²) < 4.78 is 0. The standard InChI is InChI=1S/2C44H28N2.C43H27N3/c1-3-10-31-22-34(18-16-29(31)8-1)35-20-21-43-41(26-35)40(27-44(46-43)38-19-17-30-9-2-4-11-32(30)24-38)36-14-7-13-33(23-36)39-25-37-12-5-6-15-42(37)45-28-39;1-3-10-34-25-36(19-13-29(34)7-1)37-22-24-43-40(27-37)39(28-44(46-43)38-20-14-30-8-2-4-11-35(30)26-38)31-15-17-33(18-16-31)42-23-21-32-9-5-6-12-41(32)45-42;1-3-9-30-21-32(15-13-28(30)7-1)33-17-20-42-39(24-33)38(25-43(46-42)35-16-14-29-8-2-4-10-31(29)22-35)36-18-19-41(44-26-36)37-23-34-11-5-6-12-40(34)45-27-37/h2*1-28H;1-27H. The molecule has 7 heteroatoms. The van der Waals surface area contributed by atoms with Crippen molar-refractivity contribution in [1.82, 2.24) is 34.9 Å². The second kappa shape index (κ2) is 35.3. The quantitative estimate of drug-likeness (QED) is 0.120. The molecule has 27 aromatic rings. The summed E-state index contributed by atoms with van der Waals surface area (Å²) in [6.07, 6.45) is 5.86. The molecule has 138 heavy (non-hydrogen) atoms. The van der Waals surface area contributed by atoms with E-state index in [0.717, 1.165) is 172 Å². The molecule has 0 saturated carbocycles. The van der Waals surface area contributed by atoms with Gasteiger partial charge in [-0.25, -0.2) is 19.9 Å². The van der Waals surface area contributed by atoms with Crippen LogP contribution in [-0.2, 0) is 0 Å². The number of para-hydroxylation sites is 3. The van der Waals surface area contributed by atoms with Gasteiger partial charge < -0.3 is 0 Å². The number of pyridine rings is 7. The highest BCUT2D eigenvalue weighted by molar-refractivity contribution is 6.06. The van der Waals surface area contributed by atoms with Crippen LogP contribution < -0.4 is 0 Å². The lowest BCUT2D eigenvalue weighted by atomic mass is 9.93. The van der Waals surface area contributed by atoms with Crippen LogP contribution >= 0.6 is 0 Å². The van der Waals surface area contributed by atoms with Gasteiger partial charge in [-0.15, -0.1) is 0 Å². The molecule has 642 valence electrons. The molecular weight excluding hydrogens is 1670 g/mol. The van der Waals surface area contributed by atoms with Gasteiger partial charge in [-0.05, 0) is 271 Å². The van der Waals surface area contributed by atoms with Crippen LogP contribution in [-0.4, -0.2) is 34.9 Å². The van der Waals surface area contributed by atoms with Crippen LogP contribution in [0, 0.1) is 0 Å². The van der Waals surface area contributed by atoms with Crippen molar-refractivity contribution < 1.29 is 0 Å². The average Bonchev–Trinajstić information content (AvgIpc) is 0.765. The highest BCUT2D eigenvalue weighted by Gasteiger charge is 2.20. The Bertz CT molecular complexity index is 9130. The van der Waals surface area contributed by atoms with Crippen LogP contribution in [0.25, 0.3) is 264 Å². The molecule has 0 fully saturated rings. The molecule has 0 bridgehead atoms. The zero-order valence-corrected chi connectivity index (χ0v) is 75.1. The van der Waals surface area contributed by atoms with Crippen LogP contribution in [0.5, 0.6) is 0 Å². The van der Waals surface area contributed by atoms with Gasteiger partial charge in [0, 0.05) is 89.9 Å². The van der Waals surface area contributed by atoms with Crippen LogP contribution in [0.15, 0.2) is 504 Å². The van der Waals surface area contributed by atoms with E-state index in [2.05, 4.69) is 460 Å². The molecule has 0 amide bonds. The van der Waals surface area contributed by atoms with Crippen molar-refractivity contribution in [1.29, 1.82) is 0 Å². The third-order valence-electron chi connectivity index (χ3n) is 27.0. The first-order valence-electron chi connectivity index (χ1n) is 46.8. The molecule has 0 radical (unpaired) electrons. The summed E-state index contributed by atoms with van der Waals surface area (Å²) in [5.41, 5.74) is 32.1. The number of benzene rings is 20. The van der Waals surface area contributed by atoms with Gasteiger partial charge in [-0.2, -0.15) is 0 Å². The lowest BCUT2D eigenvalue weighted by Gasteiger charge is -2.14. The summed E-state index contributed by atoms with van der Waals surface area (Å²) in [5.74, 6) is 0. The molecule has 7 heterocycles. The summed E-state index contributed by atoms with van der Waals surface area (Å²) in [4.78, 5) is 34.9. The molecule has 20 aromatic carbocycles. The van der Waals surface area contributed by atoms with Crippen LogP contribution in [0.2, 0.25) is 0 Å². The molecule has 0 N–H and O–H groups in total. The summed E-state index contributed by atoms with van der Waals surface area (Å²) in [5, 5.41) is 21.5. The minimum absolute atomic E-state index is 0.895. The zero-order valence-electron chi connectivity index (χ0n) is 75.1. The zero-order chi connectivity index (χ0) is 91.4. The molecule has 7 nitrogen and oxygen atoms in total. The van der Waals surface area contributed by atoms with Crippen molar-refractivity contribution in [3.63, 3.8) is 0 Å². The predicted octanol–water partition coefficient (Wildman–Crippen LogP) is 34.7. The van der Waals surface area contributed by atoms with Crippen LogP contribution in [0.3, 0.4) is 0 Å². The van der Waals surface area contributed by atoms with E-state index in [1.807, 2.05) is 48.9 Å². The van der Waals surface area contributed by atoms with Gasteiger partial charge >= 0.3 is 0 Å². The van der Waals surface area contributed by atoms with Gasteiger partial charge in [-0.3, -0.25) is 15.0 Å². The summed E-state index contributed by atoms with van der Waals surface area (Å²) in [6.45, 7) is 0. The lowest BCUT2D eigenvalue weighted by molar-refractivity contribution is 1.30. The Kier molecular flexibility index (Phi) is 20.8. The van der Waals surface area contributed by atoms with Crippen molar-refractivity contribution >= 4 is 130 Å². The Morgan fingerprint density at radius 2 is 0.377 bits per heavy atom. The van der Waals surface area contributed by atoms with Gasteiger partial charge in [0.25, 0.3) is 0 Å². The Labute approximate surface area is 797 Å². The molecule has 0 spiro atoms. The molecule has 27 rings (SSSR count). The Morgan fingerprint density at radius 1 is 0.109 bits per heavy atom. The van der Waals surface area contributed by atoms with Gasteiger partial charge in [0.15, 0.2) is 0 Å². The first kappa shape index (κ1) is 81.6. The van der Waals surface area contributed by atoms with E-state index < -0.39 is 0 Å². The van der Waals surface area contributed by atoms with Gasteiger partial charge in [-0.1, -0.05) is 346 Å². The number of hydrogen-bond acceptors (Lipinski definition) is 7. The van der Waals surface area contributed by atoms with Gasteiger partial charge in [0.05, 0.1) is 61.6 Å². The van der Waals surface area contributed by atoms with Crippen molar-refractivity contribution in [2.24, 2.45) is 0 Å². The fourth-order valence-electron chi connectivity index (χ4n) is 19.6. The van der Waals surface area contributed by atoms with Crippen molar-refractivity contribution in [2.45, 2.75) is 0 Å². The molecular formula is C131H83N7. The van der Waals surface area contributed by atoms with Crippen molar-refractivity contribution in [2.75, 3.05) is 0 Å². The Morgan fingerprint density at radius 3 is 0.797 bits per heavy atom. The maximum absolute atomic E-state index is 5.23. The Balaban J connectivity index is 0.000000110. The summed E-state index contributed by atoms with van der Waals surface area (Å²) in [7, 11) is 0. The second-order valence-electron chi connectivity index (χ2n) is 35.5. The maximum Gasteiger partial charge on any atom is 0.0718 e. The first-order valence-corrected chi connectivity index (χ1v) is 46.8. The number of nitrogens with zero attached hydrogens (tertiary/aromatic N) is 7. The average molecular weight is 1760 g/mol. The smallest absolute Gasteiger partial charge is 0.0718 e. The monoisotopic (exact) mass is 1750 g/mol. The fraction of sp³-hybridized carbons (Fsp3) is 0. The van der Waals surface area contributed by atoms with Crippen LogP contribution in [0.4, 0.5) is 0 Å². The summed E-state index contributed by atoms with van der Waals surface area (Å²) >= 11 is 0. The number of fused-ring (bicyclic) bond motifs is 12. The van der Waals surface area contributed by atoms with Gasteiger partial charge in [0.1, 0.15) is 0 Å². The van der Waals surface area contributed by atoms with E-state index in [9.17, 15) is 0 Å². The fourth-order valence-corrected chi connectivity index (χ4v) is 19.6. The normalized spacial score (nSPS) is 11.5. The minimum atomic E-state index is 0.895.